The van der Waals surface area contributed by atoms with Gasteiger partial charge in [-0.2, -0.15) is 0 Å². The van der Waals surface area contributed by atoms with Gasteiger partial charge in [-0.25, -0.2) is 14.4 Å². The fraction of sp³-hybridized carbons (Fsp3) is 0.200. The van der Waals surface area contributed by atoms with Crippen LogP contribution in [0.2, 0.25) is 0 Å². The van der Waals surface area contributed by atoms with Crippen LogP contribution in [-0.2, 0) is 4.79 Å². The first-order valence-corrected chi connectivity index (χ1v) is 12.1. The predicted molar refractivity (Wildman–Crippen MR) is 132 cm³/mol. The molecular weight excluding hydrogens is 469 g/mol. The van der Waals surface area contributed by atoms with Gasteiger partial charge in [-0.1, -0.05) is 6.07 Å². The summed E-state index contributed by atoms with van der Waals surface area (Å²) in [5.41, 5.74) is 2.11. The van der Waals surface area contributed by atoms with Crippen molar-refractivity contribution in [2.75, 3.05) is 33.0 Å². The number of hydrogen-bond donors (Lipinski definition) is 1. The molecule has 2 amide bonds. The molecule has 1 N–H and O–H groups in total. The average molecular weight is 492 g/mol. The number of nitrogens with one attached hydrogen (secondary N) is 1. The molecule has 0 spiro atoms. The van der Waals surface area contributed by atoms with Gasteiger partial charge in [0, 0.05) is 58.7 Å². The van der Waals surface area contributed by atoms with E-state index in [-0.39, 0.29) is 18.4 Å². The van der Waals surface area contributed by atoms with E-state index in [1.807, 2.05) is 23.1 Å². The van der Waals surface area contributed by atoms with Crippen molar-refractivity contribution in [2.24, 2.45) is 0 Å². The van der Waals surface area contributed by atoms with E-state index in [2.05, 4.69) is 15.3 Å². The summed E-state index contributed by atoms with van der Waals surface area (Å²) in [5, 5.41) is 3.68. The summed E-state index contributed by atoms with van der Waals surface area (Å²) >= 11 is 1.57. The van der Waals surface area contributed by atoms with Crippen molar-refractivity contribution >= 4 is 34.5 Å². The molecule has 1 saturated heterocycles. The highest BCUT2D eigenvalue weighted by molar-refractivity contribution is 7.98. The number of ether oxygens (including phenoxy) is 1. The Morgan fingerprint density at radius 2 is 1.97 bits per heavy atom. The van der Waals surface area contributed by atoms with Crippen molar-refractivity contribution in [3.63, 3.8) is 0 Å². The monoisotopic (exact) mass is 491 g/mol. The molecule has 8 nitrogen and oxygen atoms in total. The first kappa shape index (κ1) is 22.9. The van der Waals surface area contributed by atoms with E-state index >= 15 is 0 Å². The zero-order valence-electron chi connectivity index (χ0n) is 19.1. The molecular formula is C25H22FN5O3S. The highest BCUT2D eigenvalue weighted by Gasteiger charge is 2.23. The Morgan fingerprint density at radius 3 is 2.69 bits per heavy atom. The first-order chi connectivity index (χ1) is 17.0. The van der Waals surface area contributed by atoms with E-state index in [9.17, 15) is 14.0 Å². The minimum Gasteiger partial charge on any atom is -0.497 e. The van der Waals surface area contributed by atoms with Crippen molar-refractivity contribution in [1.29, 1.82) is 0 Å². The maximum Gasteiger partial charge on any atom is 0.254 e. The van der Waals surface area contributed by atoms with E-state index in [1.54, 1.807) is 48.4 Å². The number of carbonyl (C=O) groups is 2. The lowest BCUT2D eigenvalue weighted by molar-refractivity contribution is -0.123. The summed E-state index contributed by atoms with van der Waals surface area (Å²) < 4.78 is 21.4. The van der Waals surface area contributed by atoms with Gasteiger partial charge >= 0.3 is 0 Å². The van der Waals surface area contributed by atoms with E-state index in [1.165, 1.54) is 18.1 Å². The molecule has 10 heteroatoms. The van der Waals surface area contributed by atoms with Crippen LogP contribution >= 0.6 is 11.8 Å². The van der Waals surface area contributed by atoms with Gasteiger partial charge in [0.2, 0.25) is 11.9 Å². The van der Waals surface area contributed by atoms with Gasteiger partial charge in [0.1, 0.15) is 11.6 Å². The second-order valence-corrected chi connectivity index (χ2v) is 8.84. The molecule has 0 radical (unpaired) electrons. The molecule has 0 bridgehead atoms. The molecule has 3 heterocycles. The number of amides is 2. The Balaban J connectivity index is 1.53. The summed E-state index contributed by atoms with van der Waals surface area (Å²) in [4.78, 5) is 36.3. The maximum atomic E-state index is 14.4. The van der Waals surface area contributed by atoms with Crippen molar-refractivity contribution in [3.8, 4) is 22.8 Å². The molecule has 35 heavy (non-hydrogen) atoms. The topological polar surface area (TPSA) is 89.4 Å². The number of piperazine rings is 1. The van der Waals surface area contributed by atoms with Gasteiger partial charge in [-0.15, -0.1) is 11.8 Å². The van der Waals surface area contributed by atoms with Gasteiger partial charge in [-0.3, -0.25) is 14.2 Å². The second-order valence-electron chi connectivity index (χ2n) is 7.99. The normalized spacial score (nSPS) is 13.7. The lowest BCUT2D eigenvalue weighted by atomic mass is 10.1. The van der Waals surface area contributed by atoms with Crippen molar-refractivity contribution in [3.05, 3.63) is 66.4 Å². The van der Waals surface area contributed by atoms with E-state index < -0.39 is 5.82 Å². The third-order valence-electron chi connectivity index (χ3n) is 5.90. The number of thioether (sulfide) groups is 1. The van der Waals surface area contributed by atoms with Crippen LogP contribution in [0.5, 0.6) is 5.75 Å². The highest BCUT2D eigenvalue weighted by Crippen LogP contribution is 2.32. The van der Waals surface area contributed by atoms with Crippen molar-refractivity contribution in [2.45, 2.75) is 4.90 Å². The number of benzene rings is 2. The Morgan fingerprint density at radius 1 is 1.17 bits per heavy atom. The van der Waals surface area contributed by atoms with E-state index in [0.717, 1.165) is 15.8 Å². The Bertz CT molecular complexity index is 1440. The van der Waals surface area contributed by atoms with Crippen LogP contribution in [0.25, 0.3) is 28.0 Å². The smallest absolute Gasteiger partial charge is 0.254 e. The molecule has 0 aliphatic carbocycles. The van der Waals surface area contributed by atoms with Crippen LogP contribution < -0.4 is 10.1 Å². The summed E-state index contributed by atoms with van der Waals surface area (Å²) in [6, 6.07) is 9.97. The van der Waals surface area contributed by atoms with E-state index in [0.29, 0.717) is 41.5 Å². The predicted octanol–water partition coefficient (Wildman–Crippen LogP) is 3.53. The molecule has 0 atom stereocenters. The minimum absolute atomic E-state index is 0.0410. The molecule has 1 fully saturated rings. The lowest BCUT2D eigenvalue weighted by Crippen LogP contribution is -2.49. The number of halogens is 1. The number of rotatable bonds is 5. The van der Waals surface area contributed by atoms with Gasteiger partial charge in [0.25, 0.3) is 5.91 Å². The highest BCUT2D eigenvalue weighted by atomic mass is 32.2. The van der Waals surface area contributed by atoms with Crippen molar-refractivity contribution in [1.82, 2.24) is 24.8 Å². The first-order valence-electron chi connectivity index (χ1n) is 10.9. The van der Waals surface area contributed by atoms with Gasteiger partial charge < -0.3 is 15.0 Å². The Hall–Kier alpha value is -3.92. The molecule has 1 aliphatic heterocycles. The summed E-state index contributed by atoms with van der Waals surface area (Å²) in [6.45, 7) is 0.943. The van der Waals surface area contributed by atoms with E-state index in [4.69, 9.17) is 4.74 Å². The molecule has 0 saturated carbocycles. The molecule has 4 aromatic rings. The van der Waals surface area contributed by atoms with Gasteiger partial charge in [0.05, 0.1) is 19.2 Å². The fourth-order valence-corrected chi connectivity index (χ4v) is 4.69. The standard InChI is InChI=1S/C25H22FN5O3S/c1-34-17-4-6-20(26)19(10-17)16-11-28-25(29-12-16)31-13-22(35-2)18-5-3-15(9-21(18)31)24(33)30-8-7-27-23(32)14-30/h3-6,9-13H,7-8,14H2,1-2H3,(H,27,32). The molecule has 178 valence electrons. The number of methoxy groups -OCH3 is 1. The number of nitrogens with zero attached hydrogens (tertiary/aromatic N) is 4. The molecule has 0 unspecified atom stereocenters. The van der Waals surface area contributed by atoms with Crippen LogP contribution in [0.15, 0.2) is 59.9 Å². The zero-order chi connectivity index (χ0) is 24.5. The summed E-state index contributed by atoms with van der Waals surface area (Å²) in [6.07, 6.45) is 7.01. The maximum absolute atomic E-state index is 14.4. The summed E-state index contributed by atoms with van der Waals surface area (Å²) in [7, 11) is 1.52. The SMILES string of the molecule is COc1ccc(F)c(-c2cnc(-n3cc(SC)c4ccc(C(=O)N5CCNC(=O)C5)cc43)nc2)c1. The Labute approximate surface area is 205 Å². The van der Waals surface area contributed by atoms with Gasteiger partial charge in [0.15, 0.2) is 0 Å². The molecule has 2 aromatic carbocycles. The van der Waals surface area contributed by atoms with Crippen LogP contribution in [0.3, 0.4) is 0 Å². The minimum atomic E-state index is -0.396. The molecule has 2 aromatic heterocycles. The van der Waals surface area contributed by atoms with Crippen molar-refractivity contribution < 1.29 is 18.7 Å². The fourth-order valence-electron chi connectivity index (χ4n) is 4.09. The second kappa shape index (κ2) is 9.38. The van der Waals surface area contributed by atoms with Gasteiger partial charge in [-0.05, 0) is 36.6 Å². The Kier molecular flexibility index (Phi) is 6.12. The van der Waals surface area contributed by atoms with Crippen LogP contribution in [0.1, 0.15) is 10.4 Å². The molecule has 1 aliphatic rings. The number of aromatic nitrogens is 3. The number of carbonyl (C=O) groups excluding carboxylic acids is 2. The number of fused-ring (bicyclic) bond motifs is 1. The third-order valence-corrected chi connectivity index (χ3v) is 6.66. The molecule has 5 rings (SSSR count). The average Bonchev–Trinajstić information content (AvgIpc) is 3.26. The van der Waals surface area contributed by atoms with Crippen LogP contribution in [0.4, 0.5) is 4.39 Å². The summed E-state index contributed by atoms with van der Waals surface area (Å²) in [5.74, 6) is 0.164. The number of hydrogen-bond acceptors (Lipinski definition) is 6. The van der Waals surface area contributed by atoms with Crippen LogP contribution in [-0.4, -0.2) is 64.2 Å². The quantitative estimate of drug-likeness (QED) is 0.430. The zero-order valence-corrected chi connectivity index (χ0v) is 19.9. The third kappa shape index (κ3) is 4.32. The van der Waals surface area contributed by atoms with Crippen LogP contribution in [0, 0.1) is 5.82 Å². The largest absolute Gasteiger partial charge is 0.497 e. The lowest BCUT2D eigenvalue weighted by Gasteiger charge is -2.26.